The predicted molar refractivity (Wildman–Crippen MR) is 81.5 cm³/mol. The molecule has 0 atom stereocenters. The molecule has 0 heterocycles. The van der Waals surface area contributed by atoms with E-state index in [1.54, 1.807) is 12.1 Å². The van der Waals surface area contributed by atoms with E-state index in [9.17, 15) is 4.79 Å². The maximum Gasteiger partial charge on any atom is 0.335 e. The summed E-state index contributed by atoms with van der Waals surface area (Å²) in [4.78, 5) is 12.1. The first kappa shape index (κ1) is 14.0. The Bertz CT molecular complexity index is 616. The Balaban J connectivity index is 2.19. The average molecular weight is 338 g/mol. The first-order chi connectivity index (χ1) is 9.08. The van der Waals surface area contributed by atoms with Crippen LogP contribution < -0.4 is 5.73 Å². The smallest absolute Gasteiger partial charge is 0.335 e. The van der Waals surface area contributed by atoms with Gasteiger partial charge in [-0.05, 0) is 29.8 Å². The van der Waals surface area contributed by atoms with Crippen LogP contribution in [0.3, 0.4) is 0 Å². The molecule has 2 aromatic rings. The van der Waals surface area contributed by atoms with Crippen molar-refractivity contribution in [3.8, 4) is 0 Å². The fourth-order valence-electron chi connectivity index (χ4n) is 1.64. The second kappa shape index (κ2) is 6.12. The quantitative estimate of drug-likeness (QED) is 0.653. The molecule has 0 fully saturated rings. The molecule has 0 aromatic heterocycles. The van der Waals surface area contributed by atoms with Gasteiger partial charge in [0.1, 0.15) is 0 Å². The number of thioether (sulfide) groups is 1. The van der Waals surface area contributed by atoms with Gasteiger partial charge >= 0.3 is 5.97 Å². The maximum atomic E-state index is 11.1. The minimum Gasteiger partial charge on any atom is -0.478 e. The molecule has 0 saturated carbocycles. The molecule has 2 aromatic carbocycles. The Morgan fingerprint density at radius 1 is 1.26 bits per heavy atom. The molecule has 0 bridgehead atoms. The highest BCUT2D eigenvalue weighted by atomic mass is 79.9. The molecule has 0 radical (unpaired) electrons. The second-order valence-electron chi connectivity index (χ2n) is 3.93. The van der Waals surface area contributed by atoms with Gasteiger partial charge in [0, 0.05) is 20.8 Å². The number of nitrogens with two attached hydrogens (primary N) is 1. The molecular weight excluding hydrogens is 326 g/mol. The highest BCUT2D eigenvalue weighted by molar-refractivity contribution is 9.10. The number of carbonyl (C=O) groups is 1. The molecule has 5 heteroatoms. The van der Waals surface area contributed by atoms with E-state index >= 15 is 0 Å². The van der Waals surface area contributed by atoms with Crippen LogP contribution in [0.25, 0.3) is 0 Å². The van der Waals surface area contributed by atoms with Crippen LogP contribution in [0.15, 0.2) is 51.8 Å². The Kier molecular flexibility index (Phi) is 4.50. The number of hydrogen-bond acceptors (Lipinski definition) is 3. The minimum absolute atomic E-state index is 0.337. The molecule has 0 aliphatic rings. The molecule has 2 rings (SSSR count). The van der Waals surface area contributed by atoms with Crippen LogP contribution in [0.1, 0.15) is 15.9 Å². The molecule has 0 spiro atoms. The van der Waals surface area contributed by atoms with Gasteiger partial charge in [-0.3, -0.25) is 0 Å². The lowest BCUT2D eigenvalue weighted by Crippen LogP contribution is -2.01. The summed E-state index contributed by atoms with van der Waals surface area (Å²) < 4.78 is 0.954. The highest BCUT2D eigenvalue weighted by Gasteiger charge is 2.10. The van der Waals surface area contributed by atoms with Crippen molar-refractivity contribution in [3.05, 3.63) is 58.1 Å². The van der Waals surface area contributed by atoms with Crippen molar-refractivity contribution in [2.75, 3.05) is 5.73 Å². The van der Waals surface area contributed by atoms with Crippen LogP contribution in [-0.4, -0.2) is 11.1 Å². The lowest BCUT2D eigenvalue weighted by molar-refractivity contribution is 0.0696. The number of nitrogen functional groups attached to an aromatic ring is 1. The van der Waals surface area contributed by atoms with Crippen LogP contribution in [0.4, 0.5) is 5.69 Å². The third kappa shape index (κ3) is 3.52. The summed E-state index contributed by atoms with van der Waals surface area (Å²) >= 11 is 4.92. The number of benzene rings is 2. The van der Waals surface area contributed by atoms with Gasteiger partial charge in [-0.1, -0.05) is 34.1 Å². The summed E-state index contributed by atoms with van der Waals surface area (Å²) in [6.45, 7) is 0. The first-order valence-corrected chi connectivity index (χ1v) is 7.35. The lowest BCUT2D eigenvalue weighted by Gasteiger charge is -2.08. The summed E-state index contributed by atoms with van der Waals surface area (Å²) in [5.74, 6) is -0.332. The predicted octanol–water partition coefficient (Wildman–Crippen LogP) is 4.02. The van der Waals surface area contributed by atoms with Crippen LogP contribution >= 0.6 is 27.7 Å². The van der Waals surface area contributed by atoms with Gasteiger partial charge < -0.3 is 10.8 Å². The van der Waals surface area contributed by atoms with E-state index in [-0.39, 0.29) is 0 Å². The molecule has 98 valence electrons. The number of carboxylic acid groups (broad SMARTS) is 1. The van der Waals surface area contributed by atoms with Crippen molar-refractivity contribution >= 4 is 39.3 Å². The number of halogens is 1. The summed E-state index contributed by atoms with van der Waals surface area (Å²) in [6, 6.07) is 12.6. The summed E-state index contributed by atoms with van der Waals surface area (Å²) in [7, 11) is 0. The fourth-order valence-corrected chi connectivity index (χ4v) is 3.16. The number of anilines is 1. The van der Waals surface area contributed by atoms with E-state index in [2.05, 4.69) is 15.9 Å². The van der Waals surface area contributed by atoms with Gasteiger partial charge in [0.05, 0.1) is 5.56 Å². The van der Waals surface area contributed by atoms with Crippen LogP contribution in [0.2, 0.25) is 0 Å². The van der Waals surface area contributed by atoms with E-state index in [4.69, 9.17) is 10.8 Å². The van der Waals surface area contributed by atoms with Gasteiger partial charge in [-0.25, -0.2) is 4.79 Å². The molecule has 3 N–H and O–H groups in total. The van der Waals surface area contributed by atoms with Gasteiger partial charge in [-0.2, -0.15) is 0 Å². The van der Waals surface area contributed by atoms with E-state index in [0.717, 1.165) is 14.9 Å². The van der Waals surface area contributed by atoms with Crippen molar-refractivity contribution in [1.29, 1.82) is 0 Å². The van der Waals surface area contributed by atoms with Crippen LogP contribution in [0, 0.1) is 0 Å². The minimum atomic E-state index is -0.904. The van der Waals surface area contributed by atoms with Gasteiger partial charge in [0.15, 0.2) is 0 Å². The SMILES string of the molecule is Nc1ccc(Br)cc1SCc1ccccc1C(=O)O. The van der Waals surface area contributed by atoms with E-state index in [1.807, 2.05) is 30.3 Å². The van der Waals surface area contributed by atoms with Gasteiger partial charge in [0.2, 0.25) is 0 Å². The summed E-state index contributed by atoms with van der Waals surface area (Å²) in [5.41, 5.74) is 7.72. The molecule has 0 unspecified atom stereocenters. The fraction of sp³-hybridized carbons (Fsp3) is 0.0714. The monoisotopic (exact) mass is 337 g/mol. The molecule has 19 heavy (non-hydrogen) atoms. The largest absolute Gasteiger partial charge is 0.478 e. The zero-order chi connectivity index (χ0) is 13.8. The molecule has 3 nitrogen and oxygen atoms in total. The second-order valence-corrected chi connectivity index (χ2v) is 5.87. The topological polar surface area (TPSA) is 63.3 Å². The van der Waals surface area contributed by atoms with Crippen molar-refractivity contribution in [1.82, 2.24) is 0 Å². The standard InChI is InChI=1S/C14H12BrNO2S/c15-10-5-6-12(16)13(7-10)19-8-9-3-1-2-4-11(9)14(17)18/h1-7H,8,16H2,(H,17,18). The van der Waals surface area contributed by atoms with E-state index < -0.39 is 5.97 Å². The van der Waals surface area contributed by atoms with Crippen molar-refractivity contribution in [2.24, 2.45) is 0 Å². The summed E-state index contributed by atoms with van der Waals surface area (Å²) in [5, 5.41) is 9.12. The molecule has 0 amide bonds. The molecule has 0 saturated heterocycles. The zero-order valence-corrected chi connectivity index (χ0v) is 12.4. The Morgan fingerprint density at radius 3 is 2.74 bits per heavy atom. The lowest BCUT2D eigenvalue weighted by atomic mass is 10.1. The maximum absolute atomic E-state index is 11.1. The number of hydrogen-bond donors (Lipinski definition) is 2. The van der Waals surface area contributed by atoms with Gasteiger partial charge in [0.25, 0.3) is 0 Å². The van der Waals surface area contributed by atoms with Crippen molar-refractivity contribution < 1.29 is 9.90 Å². The van der Waals surface area contributed by atoms with Gasteiger partial charge in [-0.15, -0.1) is 11.8 Å². The Hall–Kier alpha value is -1.46. The summed E-state index contributed by atoms with van der Waals surface area (Å²) in [6.07, 6.45) is 0. The average Bonchev–Trinajstić information content (AvgIpc) is 2.40. The highest BCUT2D eigenvalue weighted by Crippen LogP contribution is 2.31. The third-order valence-corrected chi connectivity index (χ3v) is 4.22. The molecule has 0 aliphatic carbocycles. The van der Waals surface area contributed by atoms with Crippen LogP contribution in [-0.2, 0) is 5.75 Å². The molecular formula is C14H12BrNO2S. The number of rotatable bonds is 4. The zero-order valence-electron chi connectivity index (χ0n) is 9.97. The van der Waals surface area contributed by atoms with Crippen LogP contribution in [0.5, 0.6) is 0 Å². The number of carboxylic acids is 1. The van der Waals surface area contributed by atoms with E-state index in [0.29, 0.717) is 17.0 Å². The Morgan fingerprint density at radius 2 is 2.00 bits per heavy atom. The van der Waals surface area contributed by atoms with Crippen molar-refractivity contribution in [2.45, 2.75) is 10.6 Å². The Labute approximate surface area is 124 Å². The third-order valence-electron chi connectivity index (χ3n) is 2.61. The van der Waals surface area contributed by atoms with Crippen molar-refractivity contribution in [3.63, 3.8) is 0 Å². The molecule has 0 aliphatic heterocycles. The van der Waals surface area contributed by atoms with E-state index in [1.165, 1.54) is 11.8 Å². The normalized spacial score (nSPS) is 10.4. The number of aromatic carboxylic acids is 1. The first-order valence-electron chi connectivity index (χ1n) is 5.57.